The zero-order valence-electron chi connectivity index (χ0n) is 13.9. The highest BCUT2D eigenvalue weighted by Crippen LogP contribution is 2.32. The van der Waals surface area contributed by atoms with Gasteiger partial charge in [0.1, 0.15) is 6.04 Å². The van der Waals surface area contributed by atoms with Crippen LogP contribution in [0.25, 0.3) is 11.0 Å². The van der Waals surface area contributed by atoms with Gasteiger partial charge in [0.15, 0.2) is 11.5 Å². The van der Waals surface area contributed by atoms with E-state index in [2.05, 4.69) is 20.6 Å². The van der Waals surface area contributed by atoms with Gasteiger partial charge in [-0.2, -0.15) is 0 Å². The maximum absolute atomic E-state index is 12.3. The minimum Gasteiger partial charge on any atom is -0.454 e. The molecule has 8 nitrogen and oxygen atoms in total. The molecule has 3 aromatic rings. The molecular weight excluding hydrogens is 336 g/mol. The Kier molecular flexibility index (Phi) is 3.92. The lowest BCUT2D eigenvalue weighted by molar-refractivity contribution is -0.117. The van der Waals surface area contributed by atoms with Crippen LogP contribution in [-0.4, -0.2) is 34.6 Å². The summed E-state index contributed by atoms with van der Waals surface area (Å²) >= 11 is 0. The van der Waals surface area contributed by atoms with Gasteiger partial charge in [0, 0.05) is 5.56 Å². The molecule has 0 saturated carbocycles. The molecule has 2 amide bonds. The van der Waals surface area contributed by atoms with Gasteiger partial charge in [0.2, 0.25) is 18.6 Å². The van der Waals surface area contributed by atoms with E-state index in [9.17, 15) is 9.59 Å². The third-order valence-electron chi connectivity index (χ3n) is 4.01. The van der Waals surface area contributed by atoms with Crippen molar-refractivity contribution in [2.24, 2.45) is 0 Å². The number of ether oxygens (including phenoxy) is 2. The zero-order chi connectivity index (χ0) is 18.1. The van der Waals surface area contributed by atoms with Gasteiger partial charge in [-0.1, -0.05) is 12.1 Å². The van der Waals surface area contributed by atoms with Gasteiger partial charge in [-0.3, -0.25) is 14.9 Å². The van der Waals surface area contributed by atoms with Crippen molar-refractivity contribution in [2.75, 3.05) is 12.1 Å². The second kappa shape index (κ2) is 6.40. The molecule has 0 fully saturated rings. The second-order valence-corrected chi connectivity index (χ2v) is 5.86. The van der Waals surface area contributed by atoms with Crippen LogP contribution >= 0.6 is 0 Å². The van der Waals surface area contributed by atoms with Crippen molar-refractivity contribution < 1.29 is 19.1 Å². The summed E-state index contributed by atoms with van der Waals surface area (Å²) in [5.74, 6) is 0.684. The van der Waals surface area contributed by atoms with Crippen LogP contribution < -0.4 is 20.1 Å². The molecule has 4 rings (SSSR count). The molecule has 0 radical (unpaired) electrons. The van der Waals surface area contributed by atoms with Crippen molar-refractivity contribution in [1.82, 2.24) is 15.3 Å². The molecule has 3 N–H and O–H groups in total. The first kappa shape index (κ1) is 15.9. The number of para-hydroxylation sites is 2. The van der Waals surface area contributed by atoms with Crippen molar-refractivity contribution in [3.8, 4) is 11.5 Å². The quantitative estimate of drug-likeness (QED) is 0.666. The third kappa shape index (κ3) is 3.04. The first-order valence-electron chi connectivity index (χ1n) is 8.06. The molecule has 0 saturated heterocycles. The van der Waals surface area contributed by atoms with Crippen LogP contribution in [-0.2, 0) is 4.79 Å². The van der Waals surface area contributed by atoms with E-state index in [4.69, 9.17) is 9.47 Å². The number of hydrogen-bond acceptors (Lipinski definition) is 5. The Hall–Kier alpha value is -3.55. The lowest BCUT2D eigenvalue weighted by Gasteiger charge is -2.13. The Labute approximate surface area is 148 Å². The Morgan fingerprint density at radius 1 is 1.15 bits per heavy atom. The summed E-state index contributed by atoms with van der Waals surface area (Å²) in [6, 6.07) is 11.6. The summed E-state index contributed by atoms with van der Waals surface area (Å²) in [6.45, 7) is 1.74. The second-order valence-electron chi connectivity index (χ2n) is 5.86. The minimum atomic E-state index is -0.749. The molecule has 2 aromatic carbocycles. The van der Waals surface area contributed by atoms with Crippen molar-refractivity contribution in [1.29, 1.82) is 0 Å². The number of anilines is 1. The first-order chi connectivity index (χ1) is 12.6. The van der Waals surface area contributed by atoms with Gasteiger partial charge >= 0.3 is 0 Å². The first-order valence-corrected chi connectivity index (χ1v) is 8.06. The van der Waals surface area contributed by atoms with Crippen molar-refractivity contribution in [3.05, 3.63) is 48.0 Å². The number of nitrogens with one attached hydrogen (secondary N) is 3. The van der Waals surface area contributed by atoms with Gasteiger partial charge in [0.25, 0.3) is 5.91 Å². The maximum Gasteiger partial charge on any atom is 0.252 e. The van der Waals surface area contributed by atoms with Crippen LogP contribution in [0.1, 0.15) is 17.3 Å². The number of aromatic amines is 1. The Morgan fingerprint density at radius 3 is 2.81 bits per heavy atom. The van der Waals surface area contributed by atoms with Crippen molar-refractivity contribution >= 4 is 28.8 Å². The lowest BCUT2D eigenvalue weighted by atomic mass is 10.1. The highest BCUT2D eigenvalue weighted by Gasteiger charge is 2.20. The van der Waals surface area contributed by atoms with Crippen LogP contribution in [0.5, 0.6) is 11.5 Å². The summed E-state index contributed by atoms with van der Waals surface area (Å²) in [7, 11) is 0. The summed E-state index contributed by atoms with van der Waals surface area (Å²) in [5, 5.41) is 5.32. The number of nitrogens with zero attached hydrogens (tertiary/aromatic N) is 1. The number of fused-ring (bicyclic) bond motifs is 2. The van der Waals surface area contributed by atoms with Crippen LogP contribution in [0.4, 0.5) is 5.95 Å². The fraction of sp³-hybridized carbons (Fsp3) is 0.167. The number of hydrogen-bond donors (Lipinski definition) is 3. The summed E-state index contributed by atoms with van der Waals surface area (Å²) < 4.78 is 10.5. The standard InChI is InChI=1S/C18H16N4O4/c1-10(16(23)22-18-20-12-4-2-3-5-13(12)21-18)19-17(24)11-6-7-14-15(8-11)26-9-25-14/h2-8,10H,9H2,1H3,(H,19,24)(H2,20,21,22,23). The van der Waals surface area contributed by atoms with E-state index in [1.165, 1.54) is 0 Å². The maximum atomic E-state index is 12.3. The highest BCUT2D eigenvalue weighted by atomic mass is 16.7. The molecule has 26 heavy (non-hydrogen) atoms. The van der Waals surface area contributed by atoms with Gasteiger partial charge < -0.3 is 19.8 Å². The molecule has 132 valence electrons. The number of benzene rings is 2. The van der Waals surface area contributed by atoms with Gasteiger partial charge in [-0.15, -0.1) is 0 Å². The minimum absolute atomic E-state index is 0.136. The average Bonchev–Trinajstić information content (AvgIpc) is 3.26. The third-order valence-corrected chi connectivity index (χ3v) is 4.01. The fourth-order valence-electron chi connectivity index (χ4n) is 2.62. The molecular formula is C18H16N4O4. The number of imidazole rings is 1. The molecule has 1 aliphatic rings. The van der Waals surface area contributed by atoms with Crippen molar-refractivity contribution in [2.45, 2.75) is 13.0 Å². The largest absolute Gasteiger partial charge is 0.454 e. The summed E-state index contributed by atoms with van der Waals surface area (Å²) in [6.07, 6.45) is 0. The Morgan fingerprint density at radius 2 is 1.96 bits per heavy atom. The SMILES string of the molecule is CC(NC(=O)c1ccc2c(c1)OCO2)C(=O)Nc1nc2ccccc2[nH]1. The topological polar surface area (TPSA) is 105 Å². The number of amides is 2. The van der Waals surface area contributed by atoms with Gasteiger partial charge in [-0.25, -0.2) is 4.98 Å². The molecule has 1 atom stereocenters. The number of aromatic nitrogens is 2. The summed E-state index contributed by atoms with van der Waals surface area (Å²) in [5.41, 5.74) is 1.96. The van der Waals surface area contributed by atoms with Crippen LogP contribution in [0.3, 0.4) is 0 Å². The average molecular weight is 352 g/mol. The van der Waals surface area contributed by atoms with E-state index in [0.717, 1.165) is 11.0 Å². The van der Waals surface area contributed by atoms with Crippen molar-refractivity contribution in [3.63, 3.8) is 0 Å². The number of carbonyl (C=O) groups is 2. The highest BCUT2D eigenvalue weighted by molar-refractivity contribution is 6.01. The smallest absolute Gasteiger partial charge is 0.252 e. The molecule has 0 spiro atoms. The van der Waals surface area contributed by atoms with Gasteiger partial charge in [-0.05, 0) is 37.3 Å². The number of carbonyl (C=O) groups excluding carboxylic acids is 2. The van der Waals surface area contributed by atoms with E-state index in [1.807, 2.05) is 24.3 Å². The predicted octanol–water partition coefficient (Wildman–Crippen LogP) is 2.05. The van der Waals surface area contributed by atoms with E-state index in [-0.39, 0.29) is 18.6 Å². The monoisotopic (exact) mass is 352 g/mol. The molecule has 1 aromatic heterocycles. The Balaban J connectivity index is 1.41. The fourth-order valence-corrected chi connectivity index (χ4v) is 2.62. The lowest BCUT2D eigenvalue weighted by Crippen LogP contribution is -2.41. The van der Waals surface area contributed by atoms with Gasteiger partial charge in [0.05, 0.1) is 11.0 Å². The van der Waals surface area contributed by atoms with E-state index in [0.29, 0.717) is 23.0 Å². The molecule has 1 aliphatic heterocycles. The number of rotatable bonds is 4. The Bertz CT molecular complexity index is 965. The predicted molar refractivity (Wildman–Crippen MR) is 94.2 cm³/mol. The van der Waals surface area contributed by atoms with E-state index >= 15 is 0 Å². The van der Waals surface area contributed by atoms with Crippen LogP contribution in [0, 0.1) is 0 Å². The van der Waals surface area contributed by atoms with Crippen LogP contribution in [0.15, 0.2) is 42.5 Å². The molecule has 0 aliphatic carbocycles. The van der Waals surface area contributed by atoms with E-state index < -0.39 is 6.04 Å². The van der Waals surface area contributed by atoms with E-state index in [1.54, 1.807) is 25.1 Å². The zero-order valence-corrected chi connectivity index (χ0v) is 13.9. The molecule has 1 unspecified atom stereocenters. The normalized spacial score (nSPS) is 13.4. The van der Waals surface area contributed by atoms with Crippen LogP contribution in [0.2, 0.25) is 0 Å². The molecule has 8 heteroatoms. The molecule has 0 bridgehead atoms. The summed E-state index contributed by atoms with van der Waals surface area (Å²) in [4.78, 5) is 31.9. The number of H-pyrrole nitrogens is 1. The molecule has 2 heterocycles.